The van der Waals surface area contributed by atoms with E-state index in [-0.39, 0.29) is 18.3 Å². The summed E-state index contributed by atoms with van der Waals surface area (Å²) in [5.74, 6) is 5.43. The maximum Gasteiger partial charge on any atom is 0.270 e. The Hall–Kier alpha value is -3.59. The number of carbonyl (C=O) groups is 1. The minimum Gasteiger partial charge on any atom is -0.496 e. The number of hydrogen-bond donors (Lipinski definition) is 1. The molecule has 0 spiro atoms. The second-order valence-electron chi connectivity index (χ2n) is 5.70. The summed E-state index contributed by atoms with van der Waals surface area (Å²) in [6.45, 7) is 0.0995. The van der Waals surface area contributed by atoms with Gasteiger partial charge in [-0.2, -0.15) is 5.10 Å². The van der Waals surface area contributed by atoms with E-state index in [0.29, 0.717) is 22.7 Å². The van der Waals surface area contributed by atoms with E-state index in [1.165, 1.54) is 10.7 Å². The van der Waals surface area contributed by atoms with Gasteiger partial charge in [-0.05, 0) is 30.3 Å². The third-order valence-electron chi connectivity index (χ3n) is 3.93. The molecule has 1 aromatic heterocycles. The number of aryl methyl sites for hydroxylation is 1. The van der Waals surface area contributed by atoms with Crippen LogP contribution in [0.5, 0.6) is 5.75 Å². The molecule has 2 aromatic carbocycles. The normalized spacial score (nSPS) is 10.0. The van der Waals surface area contributed by atoms with Gasteiger partial charge in [0.1, 0.15) is 17.3 Å². The van der Waals surface area contributed by atoms with Crippen LogP contribution in [0.3, 0.4) is 0 Å². The molecule has 0 aliphatic heterocycles. The molecule has 0 radical (unpaired) electrons. The first-order valence-corrected chi connectivity index (χ1v) is 8.29. The molecule has 0 atom stereocenters. The number of halogens is 1. The van der Waals surface area contributed by atoms with E-state index in [1.54, 1.807) is 38.4 Å². The molecule has 0 saturated carbocycles. The number of para-hydroxylation sites is 1. The SMILES string of the molecule is COc1ccccc1-c1cc(C(=O)NCC#Cc2ccccc2F)n(C)n1. The molecular formula is C21H18FN3O2. The van der Waals surface area contributed by atoms with Gasteiger partial charge in [0.05, 0.1) is 24.9 Å². The Bertz CT molecular complexity index is 1030. The lowest BCUT2D eigenvalue weighted by atomic mass is 10.1. The predicted octanol–water partition coefficient (Wildman–Crippen LogP) is 3.02. The van der Waals surface area contributed by atoms with E-state index in [4.69, 9.17) is 4.74 Å². The highest BCUT2D eigenvalue weighted by Crippen LogP contribution is 2.28. The molecule has 1 N–H and O–H groups in total. The number of carbonyl (C=O) groups excluding carboxylic acids is 1. The van der Waals surface area contributed by atoms with Crippen LogP contribution in [0.25, 0.3) is 11.3 Å². The summed E-state index contributed by atoms with van der Waals surface area (Å²) >= 11 is 0. The van der Waals surface area contributed by atoms with Crippen LogP contribution in [0.1, 0.15) is 16.1 Å². The molecule has 136 valence electrons. The van der Waals surface area contributed by atoms with Gasteiger partial charge in [0.25, 0.3) is 5.91 Å². The Morgan fingerprint density at radius 2 is 1.96 bits per heavy atom. The molecular weight excluding hydrogens is 345 g/mol. The van der Waals surface area contributed by atoms with Crippen molar-refractivity contribution in [3.05, 3.63) is 71.7 Å². The van der Waals surface area contributed by atoms with Gasteiger partial charge in [-0.15, -0.1) is 0 Å². The average Bonchev–Trinajstić information content (AvgIpc) is 3.08. The number of amides is 1. The molecule has 0 saturated heterocycles. The predicted molar refractivity (Wildman–Crippen MR) is 101 cm³/mol. The number of aromatic nitrogens is 2. The number of hydrogen-bond acceptors (Lipinski definition) is 3. The summed E-state index contributed by atoms with van der Waals surface area (Å²) in [6.07, 6.45) is 0. The fourth-order valence-corrected chi connectivity index (χ4v) is 2.58. The van der Waals surface area contributed by atoms with Crippen LogP contribution in [0.4, 0.5) is 4.39 Å². The van der Waals surface area contributed by atoms with Gasteiger partial charge in [0.15, 0.2) is 0 Å². The van der Waals surface area contributed by atoms with E-state index < -0.39 is 0 Å². The minimum absolute atomic E-state index is 0.0995. The lowest BCUT2D eigenvalue weighted by Crippen LogP contribution is -2.25. The minimum atomic E-state index is -0.385. The van der Waals surface area contributed by atoms with Crippen molar-refractivity contribution in [3.63, 3.8) is 0 Å². The lowest BCUT2D eigenvalue weighted by Gasteiger charge is -2.04. The number of benzene rings is 2. The highest BCUT2D eigenvalue weighted by Gasteiger charge is 2.15. The monoisotopic (exact) mass is 363 g/mol. The highest BCUT2D eigenvalue weighted by molar-refractivity contribution is 5.94. The summed E-state index contributed by atoms with van der Waals surface area (Å²) in [5.41, 5.74) is 2.13. The zero-order valence-corrected chi connectivity index (χ0v) is 15.0. The van der Waals surface area contributed by atoms with Gasteiger partial charge in [-0.3, -0.25) is 9.48 Å². The molecule has 0 aliphatic carbocycles. The van der Waals surface area contributed by atoms with Gasteiger partial charge in [-0.25, -0.2) is 4.39 Å². The van der Waals surface area contributed by atoms with Crippen LogP contribution in [-0.4, -0.2) is 29.3 Å². The van der Waals surface area contributed by atoms with Crippen molar-refractivity contribution in [2.24, 2.45) is 7.05 Å². The largest absolute Gasteiger partial charge is 0.496 e. The summed E-state index contributed by atoms with van der Waals surface area (Å²) in [7, 11) is 3.28. The van der Waals surface area contributed by atoms with E-state index in [9.17, 15) is 9.18 Å². The Morgan fingerprint density at radius 1 is 1.22 bits per heavy atom. The topological polar surface area (TPSA) is 56.1 Å². The highest BCUT2D eigenvalue weighted by atomic mass is 19.1. The average molecular weight is 363 g/mol. The van der Waals surface area contributed by atoms with Gasteiger partial charge >= 0.3 is 0 Å². The van der Waals surface area contributed by atoms with Gasteiger partial charge in [0.2, 0.25) is 0 Å². The zero-order chi connectivity index (χ0) is 19.2. The Labute approximate surface area is 156 Å². The zero-order valence-electron chi connectivity index (χ0n) is 15.0. The Balaban J connectivity index is 1.71. The molecule has 6 heteroatoms. The molecule has 0 bridgehead atoms. The number of nitrogens with zero attached hydrogens (tertiary/aromatic N) is 2. The first-order chi connectivity index (χ1) is 13.1. The molecule has 0 unspecified atom stereocenters. The molecule has 0 aliphatic rings. The van der Waals surface area contributed by atoms with Gasteiger partial charge < -0.3 is 10.1 Å². The molecule has 27 heavy (non-hydrogen) atoms. The van der Waals surface area contributed by atoms with Crippen LogP contribution in [0.15, 0.2) is 54.6 Å². The fourth-order valence-electron chi connectivity index (χ4n) is 2.58. The number of rotatable bonds is 4. The molecule has 3 rings (SSSR count). The molecule has 1 heterocycles. The molecule has 1 amide bonds. The Morgan fingerprint density at radius 3 is 2.74 bits per heavy atom. The van der Waals surface area contributed by atoms with Gasteiger partial charge in [0, 0.05) is 12.6 Å². The maximum absolute atomic E-state index is 13.5. The third kappa shape index (κ3) is 4.15. The summed E-state index contributed by atoms with van der Waals surface area (Å²) in [5, 5.41) is 7.08. The van der Waals surface area contributed by atoms with E-state index >= 15 is 0 Å². The number of ether oxygens (including phenoxy) is 1. The third-order valence-corrected chi connectivity index (χ3v) is 3.93. The van der Waals surface area contributed by atoms with Crippen molar-refractivity contribution in [3.8, 4) is 28.8 Å². The van der Waals surface area contributed by atoms with Crippen molar-refractivity contribution in [1.29, 1.82) is 0 Å². The van der Waals surface area contributed by atoms with Crippen LogP contribution >= 0.6 is 0 Å². The first-order valence-electron chi connectivity index (χ1n) is 8.29. The van der Waals surface area contributed by atoms with Crippen molar-refractivity contribution in [2.75, 3.05) is 13.7 Å². The van der Waals surface area contributed by atoms with E-state index in [0.717, 1.165) is 5.56 Å². The number of methoxy groups -OCH3 is 1. The molecule has 0 fully saturated rings. The second kappa shape index (κ2) is 8.19. The molecule has 5 nitrogen and oxygen atoms in total. The fraction of sp³-hybridized carbons (Fsp3) is 0.143. The standard InChI is InChI=1S/C21H18FN3O2/c1-25-19(14-18(24-25)16-10-4-6-12-20(16)27-2)21(26)23-13-7-9-15-8-3-5-11-17(15)22/h3-6,8,10-12,14H,13H2,1-2H3,(H,23,26). The van der Waals surface area contributed by atoms with Crippen molar-refractivity contribution in [1.82, 2.24) is 15.1 Å². The summed E-state index contributed by atoms with van der Waals surface area (Å²) in [4.78, 5) is 12.4. The summed E-state index contributed by atoms with van der Waals surface area (Å²) < 4.78 is 20.4. The summed E-state index contributed by atoms with van der Waals surface area (Å²) in [6, 6.07) is 15.4. The Kier molecular flexibility index (Phi) is 5.53. The van der Waals surface area contributed by atoms with Gasteiger partial charge in [-0.1, -0.05) is 36.1 Å². The van der Waals surface area contributed by atoms with Crippen molar-refractivity contribution in [2.45, 2.75) is 0 Å². The van der Waals surface area contributed by atoms with E-state index in [1.807, 2.05) is 24.3 Å². The van der Waals surface area contributed by atoms with Crippen LogP contribution in [-0.2, 0) is 7.05 Å². The number of nitrogens with one attached hydrogen (secondary N) is 1. The van der Waals surface area contributed by atoms with Crippen LogP contribution < -0.4 is 10.1 Å². The van der Waals surface area contributed by atoms with E-state index in [2.05, 4.69) is 22.3 Å². The first kappa shape index (κ1) is 18.2. The van der Waals surface area contributed by atoms with Crippen LogP contribution in [0.2, 0.25) is 0 Å². The second-order valence-corrected chi connectivity index (χ2v) is 5.70. The van der Waals surface area contributed by atoms with Crippen molar-refractivity contribution >= 4 is 5.91 Å². The quantitative estimate of drug-likeness (QED) is 0.725. The molecule has 3 aromatic rings. The van der Waals surface area contributed by atoms with Crippen LogP contribution in [0, 0.1) is 17.7 Å². The lowest BCUT2D eigenvalue weighted by molar-refractivity contribution is 0.0949. The van der Waals surface area contributed by atoms with Crippen molar-refractivity contribution < 1.29 is 13.9 Å². The maximum atomic E-state index is 13.5. The smallest absolute Gasteiger partial charge is 0.270 e.